The molecule has 0 atom stereocenters. The molecule has 0 aliphatic carbocycles. The van der Waals surface area contributed by atoms with Crippen LogP contribution in [0.15, 0.2) is 60.8 Å². The largest absolute Gasteiger partial charge is 0.493 e. The fraction of sp³-hybridized carbons (Fsp3) is 0.318. The molecule has 0 amide bonds. The van der Waals surface area contributed by atoms with E-state index in [0.29, 0.717) is 6.61 Å². The molecule has 1 aliphatic rings. The van der Waals surface area contributed by atoms with E-state index in [2.05, 4.69) is 51.6 Å². The smallest absolute Gasteiger partial charge is 0.120 e. The number of ether oxygens (including phenoxy) is 1. The minimum Gasteiger partial charge on any atom is -0.493 e. The van der Waals surface area contributed by atoms with Gasteiger partial charge < -0.3 is 10.1 Å². The van der Waals surface area contributed by atoms with Crippen molar-refractivity contribution >= 4 is 35.7 Å². The second-order valence-corrected chi connectivity index (χ2v) is 6.80. The molecule has 1 aliphatic heterocycles. The number of hydrogen-bond donors (Lipinski definition) is 1. The molecule has 0 radical (unpaired) electrons. The molecule has 6 heteroatoms. The van der Waals surface area contributed by atoms with Gasteiger partial charge in [-0.05, 0) is 35.4 Å². The van der Waals surface area contributed by atoms with Crippen LogP contribution in [0, 0.1) is 0 Å². The molecule has 0 unspecified atom stereocenters. The summed E-state index contributed by atoms with van der Waals surface area (Å²) in [5, 5.41) is 4.52. The molecule has 2 aromatic carbocycles. The molecule has 3 aromatic rings. The van der Waals surface area contributed by atoms with Crippen LogP contribution in [0.2, 0.25) is 0 Å². The lowest BCUT2D eigenvalue weighted by Gasteiger charge is -2.27. The molecule has 1 aromatic heterocycles. The maximum Gasteiger partial charge on any atom is 0.120 e. The van der Waals surface area contributed by atoms with Crippen molar-refractivity contribution in [3.05, 3.63) is 71.9 Å². The molecule has 1 N–H and O–H groups in total. The number of benzene rings is 2. The zero-order chi connectivity index (χ0) is 17.6. The summed E-state index contributed by atoms with van der Waals surface area (Å²) in [6, 6.07) is 19.0. The minimum atomic E-state index is 0. The Hall–Kier alpha value is -1.85. The molecule has 0 spiro atoms. The van der Waals surface area contributed by atoms with Crippen LogP contribution in [0.5, 0.6) is 5.75 Å². The zero-order valence-electron chi connectivity index (χ0n) is 15.8. The first kappa shape index (κ1) is 22.4. The summed E-state index contributed by atoms with van der Waals surface area (Å²) in [4.78, 5) is 6.85. The van der Waals surface area contributed by atoms with Gasteiger partial charge in [0.2, 0.25) is 0 Å². The normalized spacial score (nSPS) is 14.1. The van der Waals surface area contributed by atoms with E-state index in [9.17, 15) is 0 Å². The van der Waals surface area contributed by atoms with E-state index >= 15 is 0 Å². The van der Waals surface area contributed by atoms with E-state index in [1.807, 2.05) is 24.4 Å². The molecule has 0 saturated carbocycles. The highest BCUT2D eigenvalue weighted by atomic mass is 35.5. The number of pyridine rings is 1. The van der Waals surface area contributed by atoms with Crippen LogP contribution in [-0.4, -0.2) is 42.7 Å². The molecule has 150 valence electrons. The van der Waals surface area contributed by atoms with Crippen molar-refractivity contribution in [1.29, 1.82) is 0 Å². The number of piperazine rings is 1. The highest BCUT2D eigenvalue weighted by Crippen LogP contribution is 2.19. The first-order valence-electron chi connectivity index (χ1n) is 9.35. The van der Waals surface area contributed by atoms with Gasteiger partial charge in [-0.1, -0.05) is 30.3 Å². The third kappa shape index (κ3) is 6.08. The van der Waals surface area contributed by atoms with Gasteiger partial charge in [-0.2, -0.15) is 0 Å². The number of hydrogen-bond acceptors (Lipinski definition) is 4. The van der Waals surface area contributed by atoms with Crippen LogP contribution in [-0.2, 0) is 13.0 Å². The van der Waals surface area contributed by atoms with Crippen LogP contribution in [0.25, 0.3) is 10.9 Å². The molecule has 1 saturated heterocycles. The van der Waals surface area contributed by atoms with Gasteiger partial charge in [0.15, 0.2) is 0 Å². The number of aromatic nitrogens is 1. The standard InChI is InChI=1S/C22H25N3O.2ClH/c1-3-18(15-19(4-1)17-25-12-10-23-11-13-25)8-14-26-21-6-7-22-20(16-21)5-2-9-24-22;;/h1-7,9,15-16,23H,8,10-14,17H2;2*1H. The topological polar surface area (TPSA) is 37.4 Å². The van der Waals surface area contributed by atoms with Crippen LogP contribution >= 0.6 is 24.8 Å². The number of nitrogens with one attached hydrogen (secondary N) is 1. The number of rotatable bonds is 6. The van der Waals surface area contributed by atoms with E-state index < -0.39 is 0 Å². The maximum absolute atomic E-state index is 5.96. The molecule has 1 fully saturated rings. The molecule has 4 rings (SSSR count). The van der Waals surface area contributed by atoms with E-state index in [0.717, 1.165) is 55.8 Å². The highest BCUT2D eigenvalue weighted by Gasteiger charge is 2.10. The Morgan fingerprint density at radius 3 is 2.61 bits per heavy atom. The monoisotopic (exact) mass is 419 g/mol. The fourth-order valence-corrected chi connectivity index (χ4v) is 3.44. The Balaban J connectivity index is 0.00000140. The summed E-state index contributed by atoms with van der Waals surface area (Å²) >= 11 is 0. The first-order valence-corrected chi connectivity index (χ1v) is 9.35. The van der Waals surface area contributed by atoms with Crippen LogP contribution in [0.1, 0.15) is 11.1 Å². The molecular formula is C22H27Cl2N3O. The van der Waals surface area contributed by atoms with E-state index in [-0.39, 0.29) is 24.8 Å². The first-order chi connectivity index (χ1) is 12.9. The Morgan fingerprint density at radius 2 is 1.75 bits per heavy atom. The average molecular weight is 420 g/mol. The van der Waals surface area contributed by atoms with Crippen molar-refractivity contribution in [2.45, 2.75) is 13.0 Å². The van der Waals surface area contributed by atoms with Gasteiger partial charge in [-0.3, -0.25) is 9.88 Å². The van der Waals surface area contributed by atoms with Gasteiger partial charge >= 0.3 is 0 Å². The van der Waals surface area contributed by atoms with Crippen molar-refractivity contribution in [3.63, 3.8) is 0 Å². The lowest BCUT2D eigenvalue weighted by molar-refractivity contribution is 0.233. The lowest BCUT2D eigenvalue weighted by Crippen LogP contribution is -2.42. The quantitative estimate of drug-likeness (QED) is 0.652. The number of nitrogens with zero attached hydrogens (tertiary/aromatic N) is 2. The van der Waals surface area contributed by atoms with Gasteiger partial charge in [0.05, 0.1) is 12.1 Å². The summed E-state index contributed by atoms with van der Waals surface area (Å²) in [7, 11) is 0. The highest BCUT2D eigenvalue weighted by molar-refractivity contribution is 5.85. The third-order valence-corrected chi connectivity index (χ3v) is 4.84. The summed E-state index contributed by atoms with van der Waals surface area (Å²) in [5.41, 5.74) is 3.72. The van der Waals surface area contributed by atoms with Gasteiger partial charge in [0, 0.05) is 50.7 Å². The van der Waals surface area contributed by atoms with Crippen LogP contribution in [0.3, 0.4) is 0 Å². The van der Waals surface area contributed by atoms with E-state index in [4.69, 9.17) is 4.74 Å². The van der Waals surface area contributed by atoms with Crippen LogP contribution < -0.4 is 10.1 Å². The molecule has 2 heterocycles. The summed E-state index contributed by atoms with van der Waals surface area (Å²) in [5.74, 6) is 0.905. The van der Waals surface area contributed by atoms with Gasteiger partial charge in [0.1, 0.15) is 5.75 Å². The van der Waals surface area contributed by atoms with E-state index in [1.165, 1.54) is 11.1 Å². The van der Waals surface area contributed by atoms with Crippen molar-refractivity contribution < 1.29 is 4.74 Å². The van der Waals surface area contributed by atoms with Gasteiger partial charge in [-0.25, -0.2) is 0 Å². The Morgan fingerprint density at radius 1 is 0.929 bits per heavy atom. The SMILES string of the molecule is Cl.Cl.c1cc(CCOc2ccc3ncccc3c2)cc(CN2CCNCC2)c1. The predicted octanol–water partition coefficient (Wildman–Crippen LogP) is 4.11. The minimum absolute atomic E-state index is 0. The van der Waals surface area contributed by atoms with Crippen molar-refractivity contribution in [2.24, 2.45) is 0 Å². The molecular weight excluding hydrogens is 393 g/mol. The Labute approximate surface area is 179 Å². The molecule has 0 bridgehead atoms. The summed E-state index contributed by atoms with van der Waals surface area (Å²) in [6.07, 6.45) is 2.73. The van der Waals surface area contributed by atoms with Crippen molar-refractivity contribution in [3.8, 4) is 5.75 Å². The van der Waals surface area contributed by atoms with Crippen LogP contribution in [0.4, 0.5) is 0 Å². The average Bonchev–Trinajstić information content (AvgIpc) is 2.69. The zero-order valence-corrected chi connectivity index (χ0v) is 17.5. The third-order valence-electron chi connectivity index (χ3n) is 4.84. The second-order valence-electron chi connectivity index (χ2n) is 6.80. The molecule has 4 nitrogen and oxygen atoms in total. The Kier molecular flexibility index (Phi) is 9.00. The van der Waals surface area contributed by atoms with Crippen molar-refractivity contribution in [1.82, 2.24) is 15.2 Å². The lowest BCUT2D eigenvalue weighted by atomic mass is 10.1. The number of fused-ring (bicyclic) bond motifs is 1. The Bertz CT molecular complexity index is 869. The predicted molar refractivity (Wildman–Crippen MR) is 120 cm³/mol. The van der Waals surface area contributed by atoms with Crippen molar-refractivity contribution in [2.75, 3.05) is 32.8 Å². The number of halogens is 2. The summed E-state index contributed by atoms with van der Waals surface area (Å²) < 4.78 is 5.96. The van der Waals surface area contributed by atoms with E-state index in [1.54, 1.807) is 0 Å². The maximum atomic E-state index is 5.96. The fourth-order valence-electron chi connectivity index (χ4n) is 3.44. The van der Waals surface area contributed by atoms with Gasteiger partial charge in [-0.15, -0.1) is 24.8 Å². The van der Waals surface area contributed by atoms with Gasteiger partial charge in [0.25, 0.3) is 0 Å². The summed E-state index contributed by atoms with van der Waals surface area (Å²) in [6.45, 7) is 6.16. The second kappa shape index (κ2) is 11.2. The molecule has 28 heavy (non-hydrogen) atoms.